The van der Waals surface area contributed by atoms with Crippen LogP contribution in [-0.2, 0) is 4.79 Å². The number of fused-ring (bicyclic) bond motifs is 1. The van der Waals surface area contributed by atoms with Crippen LogP contribution in [0.4, 0.5) is 14.5 Å². The van der Waals surface area contributed by atoms with Crippen molar-refractivity contribution in [3.05, 3.63) is 75.9 Å². The maximum Gasteiger partial charge on any atom is 0.276 e. The molecule has 0 aliphatic heterocycles. The highest BCUT2D eigenvalue weighted by Crippen LogP contribution is 2.25. The van der Waals surface area contributed by atoms with Gasteiger partial charge in [-0.1, -0.05) is 23.9 Å². The van der Waals surface area contributed by atoms with Gasteiger partial charge in [-0.3, -0.25) is 14.2 Å². The molecular formula is C21H15F2N3O3S2. The molecule has 10 heteroatoms. The fourth-order valence-electron chi connectivity index (χ4n) is 2.91. The zero-order valence-corrected chi connectivity index (χ0v) is 17.7. The maximum atomic E-state index is 14.4. The molecule has 31 heavy (non-hydrogen) atoms. The van der Waals surface area contributed by atoms with Gasteiger partial charge in [0.2, 0.25) is 5.91 Å². The minimum atomic E-state index is -0.606. The molecule has 0 bridgehead atoms. The fourth-order valence-corrected chi connectivity index (χ4v) is 4.47. The molecule has 0 unspecified atom stereocenters. The SMILES string of the molecule is COc1ccc(NC(=O)CSc2nc3ccsc3c(=O)n2-c2ccccc2F)cc1F. The number of benzene rings is 2. The number of ether oxygens (including phenoxy) is 1. The summed E-state index contributed by atoms with van der Waals surface area (Å²) in [7, 11) is 1.35. The van der Waals surface area contributed by atoms with Crippen molar-refractivity contribution in [2.24, 2.45) is 0 Å². The number of aromatic nitrogens is 2. The van der Waals surface area contributed by atoms with Crippen LogP contribution in [-0.4, -0.2) is 28.3 Å². The molecule has 158 valence electrons. The number of halogens is 2. The predicted molar refractivity (Wildman–Crippen MR) is 117 cm³/mol. The molecule has 1 amide bonds. The van der Waals surface area contributed by atoms with Crippen molar-refractivity contribution in [3.8, 4) is 11.4 Å². The van der Waals surface area contributed by atoms with Crippen molar-refractivity contribution < 1.29 is 18.3 Å². The molecular weight excluding hydrogens is 444 g/mol. The third-order valence-electron chi connectivity index (χ3n) is 4.31. The third kappa shape index (κ3) is 4.30. The van der Waals surface area contributed by atoms with E-state index in [1.807, 2.05) is 0 Å². The Morgan fingerprint density at radius 2 is 2.00 bits per heavy atom. The van der Waals surface area contributed by atoms with Gasteiger partial charge in [-0.25, -0.2) is 13.8 Å². The Morgan fingerprint density at radius 1 is 1.19 bits per heavy atom. The molecule has 0 spiro atoms. The Bertz CT molecular complexity index is 1340. The number of hydrogen-bond acceptors (Lipinski definition) is 6. The largest absolute Gasteiger partial charge is 0.494 e. The predicted octanol–water partition coefficient (Wildman–Crippen LogP) is 4.46. The molecule has 0 radical (unpaired) electrons. The van der Waals surface area contributed by atoms with Crippen molar-refractivity contribution in [3.63, 3.8) is 0 Å². The number of para-hydroxylation sites is 1. The molecule has 1 N–H and O–H groups in total. The van der Waals surface area contributed by atoms with Gasteiger partial charge in [0.05, 0.1) is 24.1 Å². The average Bonchev–Trinajstić information content (AvgIpc) is 3.22. The summed E-state index contributed by atoms with van der Waals surface area (Å²) in [4.78, 5) is 29.8. The van der Waals surface area contributed by atoms with Gasteiger partial charge in [0.15, 0.2) is 16.7 Å². The number of hydrogen-bond donors (Lipinski definition) is 1. The number of anilines is 1. The third-order valence-corrected chi connectivity index (χ3v) is 6.14. The first-order valence-electron chi connectivity index (χ1n) is 8.99. The summed E-state index contributed by atoms with van der Waals surface area (Å²) < 4.78 is 34.7. The molecule has 6 nitrogen and oxygen atoms in total. The Hall–Kier alpha value is -3.24. The highest BCUT2D eigenvalue weighted by Gasteiger charge is 2.18. The molecule has 0 saturated carbocycles. The normalized spacial score (nSPS) is 10.9. The molecule has 2 aromatic heterocycles. The van der Waals surface area contributed by atoms with E-state index in [9.17, 15) is 18.4 Å². The van der Waals surface area contributed by atoms with Gasteiger partial charge in [0.25, 0.3) is 5.56 Å². The minimum Gasteiger partial charge on any atom is -0.494 e. The quantitative estimate of drug-likeness (QED) is 0.340. The second kappa shape index (κ2) is 8.86. The van der Waals surface area contributed by atoms with E-state index in [0.29, 0.717) is 10.2 Å². The van der Waals surface area contributed by atoms with Gasteiger partial charge in [-0.05, 0) is 35.7 Å². The zero-order valence-electron chi connectivity index (χ0n) is 16.1. The van der Waals surface area contributed by atoms with E-state index < -0.39 is 23.1 Å². The van der Waals surface area contributed by atoms with Crippen LogP contribution in [0.2, 0.25) is 0 Å². The molecule has 0 aliphatic carbocycles. The van der Waals surface area contributed by atoms with Crippen LogP contribution in [0, 0.1) is 11.6 Å². The smallest absolute Gasteiger partial charge is 0.276 e. The number of carbonyl (C=O) groups excluding carboxylic acids is 1. The Balaban J connectivity index is 1.61. The molecule has 4 rings (SSSR count). The van der Waals surface area contributed by atoms with Gasteiger partial charge in [-0.2, -0.15) is 0 Å². The van der Waals surface area contributed by atoms with Gasteiger partial charge in [0, 0.05) is 11.8 Å². The fraction of sp³-hybridized carbons (Fsp3) is 0.0952. The van der Waals surface area contributed by atoms with Crippen LogP contribution >= 0.6 is 23.1 Å². The number of nitrogens with one attached hydrogen (secondary N) is 1. The van der Waals surface area contributed by atoms with Gasteiger partial charge >= 0.3 is 0 Å². The van der Waals surface area contributed by atoms with Crippen molar-refractivity contribution in [2.75, 3.05) is 18.2 Å². The first kappa shape index (κ1) is 21.0. The molecule has 0 saturated heterocycles. The van der Waals surface area contributed by atoms with Crippen LogP contribution < -0.4 is 15.6 Å². The van der Waals surface area contributed by atoms with Crippen molar-refractivity contribution in [1.29, 1.82) is 0 Å². The van der Waals surface area contributed by atoms with Crippen LogP contribution in [0.1, 0.15) is 0 Å². The molecule has 0 aliphatic rings. The molecule has 2 heterocycles. The number of thioether (sulfide) groups is 1. The zero-order chi connectivity index (χ0) is 22.0. The summed E-state index contributed by atoms with van der Waals surface area (Å²) in [6.07, 6.45) is 0. The molecule has 0 atom stereocenters. The lowest BCUT2D eigenvalue weighted by Crippen LogP contribution is -2.23. The van der Waals surface area contributed by atoms with Crippen LogP contribution in [0.15, 0.2) is 63.9 Å². The van der Waals surface area contributed by atoms with Crippen LogP contribution in [0.5, 0.6) is 5.75 Å². The van der Waals surface area contributed by atoms with E-state index in [4.69, 9.17) is 4.74 Å². The maximum absolute atomic E-state index is 14.4. The lowest BCUT2D eigenvalue weighted by molar-refractivity contribution is -0.113. The van der Waals surface area contributed by atoms with Crippen LogP contribution in [0.25, 0.3) is 15.9 Å². The first-order chi connectivity index (χ1) is 15.0. The van der Waals surface area contributed by atoms with E-state index in [1.165, 1.54) is 53.3 Å². The lowest BCUT2D eigenvalue weighted by Gasteiger charge is -2.13. The highest BCUT2D eigenvalue weighted by molar-refractivity contribution is 7.99. The number of amides is 1. The topological polar surface area (TPSA) is 73.2 Å². The monoisotopic (exact) mass is 459 g/mol. The van der Waals surface area contributed by atoms with E-state index in [2.05, 4.69) is 10.3 Å². The summed E-state index contributed by atoms with van der Waals surface area (Å²) >= 11 is 2.20. The number of nitrogens with zero attached hydrogens (tertiary/aromatic N) is 2. The van der Waals surface area contributed by atoms with Gasteiger partial charge < -0.3 is 10.1 Å². The summed E-state index contributed by atoms with van der Waals surface area (Å²) in [5, 5.41) is 4.48. The second-order valence-corrected chi connectivity index (χ2v) is 8.17. The number of methoxy groups -OCH3 is 1. The molecule has 0 fully saturated rings. The van der Waals surface area contributed by atoms with Gasteiger partial charge in [0.1, 0.15) is 10.5 Å². The molecule has 4 aromatic rings. The van der Waals surface area contributed by atoms with E-state index in [1.54, 1.807) is 17.5 Å². The second-order valence-electron chi connectivity index (χ2n) is 6.31. The summed E-state index contributed by atoms with van der Waals surface area (Å²) in [6.45, 7) is 0. The summed E-state index contributed by atoms with van der Waals surface area (Å²) in [6, 6.07) is 11.6. The number of thiophene rings is 1. The number of rotatable bonds is 6. The first-order valence-corrected chi connectivity index (χ1v) is 10.9. The summed E-state index contributed by atoms with van der Waals surface area (Å²) in [5.41, 5.74) is 0.375. The van der Waals surface area contributed by atoms with E-state index in [-0.39, 0.29) is 28.0 Å². The number of carbonyl (C=O) groups is 1. The van der Waals surface area contributed by atoms with E-state index in [0.717, 1.165) is 17.8 Å². The Labute approximate surface area is 183 Å². The van der Waals surface area contributed by atoms with Crippen molar-refractivity contribution in [2.45, 2.75) is 5.16 Å². The van der Waals surface area contributed by atoms with Crippen molar-refractivity contribution in [1.82, 2.24) is 9.55 Å². The highest BCUT2D eigenvalue weighted by atomic mass is 32.2. The molecule has 2 aromatic carbocycles. The lowest BCUT2D eigenvalue weighted by atomic mass is 10.3. The average molecular weight is 459 g/mol. The standard InChI is InChI=1S/C21H15F2N3O3S2/c1-29-17-7-6-12(10-14(17)23)24-18(27)11-31-21-25-15-8-9-30-19(15)20(28)26(21)16-5-3-2-4-13(16)22/h2-10H,11H2,1H3,(H,24,27). The van der Waals surface area contributed by atoms with Gasteiger partial charge in [-0.15, -0.1) is 11.3 Å². The summed E-state index contributed by atoms with van der Waals surface area (Å²) in [5.74, 6) is -1.68. The Kier molecular flexibility index (Phi) is 6.01. The minimum absolute atomic E-state index is 0.0513. The van der Waals surface area contributed by atoms with E-state index >= 15 is 0 Å². The van der Waals surface area contributed by atoms with Crippen LogP contribution in [0.3, 0.4) is 0 Å². The Morgan fingerprint density at radius 3 is 2.74 bits per heavy atom. The van der Waals surface area contributed by atoms with Crippen molar-refractivity contribution >= 4 is 44.9 Å².